The third kappa shape index (κ3) is 4.60. The second-order valence-corrected chi connectivity index (χ2v) is 3.94. The molecule has 17 heavy (non-hydrogen) atoms. The van der Waals surface area contributed by atoms with Crippen molar-refractivity contribution in [1.29, 1.82) is 0 Å². The smallest absolute Gasteiger partial charge is 0.0152 e. The van der Waals surface area contributed by atoms with E-state index < -0.39 is 0 Å². The van der Waals surface area contributed by atoms with Crippen molar-refractivity contribution in [3.8, 4) is 0 Å². The molecule has 0 aliphatic carbocycles. The van der Waals surface area contributed by atoms with Crippen LogP contribution in [0.4, 0.5) is 0 Å². The second kappa shape index (κ2) is 8.81. The van der Waals surface area contributed by atoms with Crippen LogP contribution < -0.4 is 0 Å². The first-order chi connectivity index (χ1) is 8.20. The molecule has 0 radical (unpaired) electrons. The maximum atomic E-state index is 2.18. The number of hydrogen-bond donors (Lipinski definition) is 0. The predicted molar refractivity (Wildman–Crippen MR) is 80.7 cm³/mol. The molecule has 0 spiro atoms. The third-order valence-electron chi connectivity index (χ3n) is 2.47. The lowest BCUT2D eigenvalue weighted by molar-refractivity contribution is 1.09. The van der Waals surface area contributed by atoms with Gasteiger partial charge in [-0.1, -0.05) is 70.5 Å². The normalized spacial score (nSPS) is 8.82. The van der Waals surface area contributed by atoms with Crippen LogP contribution in [0.2, 0.25) is 0 Å². The van der Waals surface area contributed by atoms with Crippen LogP contribution in [0.25, 0.3) is 10.8 Å². The molecule has 0 N–H and O–H groups in total. The van der Waals surface area contributed by atoms with Crippen LogP contribution in [0.1, 0.15) is 45.2 Å². The highest BCUT2D eigenvalue weighted by atomic mass is 14.0. The number of benzene rings is 2. The van der Waals surface area contributed by atoms with E-state index in [1.807, 2.05) is 13.8 Å². The van der Waals surface area contributed by atoms with Gasteiger partial charge in [0, 0.05) is 0 Å². The van der Waals surface area contributed by atoms with Crippen LogP contribution in [-0.4, -0.2) is 0 Å². The summed E-state index contributed by atoms with van der Waals surface area (Å²) in [5.74, 6) is 0. The van der Waals surface area contributed by atoms with E-state index in [9.17, 15) is 0 Å². The van der Waals surface area contributed by atoms with Gasteiger partial charge in [0.05, 0.1) is 0 Å². The van der Waals surface area contributed by atoms with Crippen LogP contribution in [-0.2, 0) is 0 Å². The zero-order chi connectivity index (χ0) is 13.3. The van der Waals surface area contributed by atoms with Crippen molar-refractivity contribution in [3.05, 3.63) is 47.5 Å². The third-order valence-corrected chi connectivity index (χ3v) is 2.47. The van der Waals surface area contributed by atoms with Gasteiger partial charge in [-0.25, -0.2) is 0 Å². The van der Waals surface area contributed by atoms with E-state index in [1.54, 1.807) is 0 Å². The molecule has 0 heteroatoms. The Morgan fingerprint density at radius 2 is 1.35 bits per heavy atom. The molecule has 0 bridgehead atoms. The molecule has 0 amide bonds. The van der Waals surface area contributed by atoms with Crippen LogP contribution in [0, 0.1) is 13.8 Å². The molecule has 94 valence electrons. The molecular weight excluding hydrogens is 204 g/mol. The summed E-state index contributed by atoms with van der Waals surface area (Å²) in [6, 6.07) is 12.9. The van der Waals surface area contributed by atoms with E-state index in [0.717, 1.165) is 0 Å². The fourth-order valence-electron chi connectivity index (χ4n) is 1.54. The van der Waals surface area contributed by atoms with Gasteiger partial charge in [0.25, 0.3) is 0 Å². The van der Waals surface area contributed by atoms with Crippen LogP contribution >= 0.6 is 0 Å². The van der Waals surface area contributed by atoms with Gasteiger partial charge in [-0.3, -0.25) is 0 Å². The Morgan fingerprint density at radius 1 is 0.824 bits per heavy atom. The number of fused-ring (bicyclic) bond motifs is 1. The first-order valence-corrected chi connectivity index (χ1v) is 6.65. The average Bonchev–Trinajstić information content (AvgIpc) is 2.38. The Kier molecular flexibility index (Phi) is 8.13. The summed E-state index contributed by atoms with van der Waals surface area (Å²) >= 11 is 0. The van der Waals surface area contributed by atoms with Gasteiger partial charge in [0.15, 0.2) is 0 Å². The minimum absolute atomic E-state index is 1.25. The van der Waals surface area contributed by atoms with Crippen LogP contribution in [0.3, 0.4) is 0 Å². The largest absolute Gasteiger partial charge is 0.0683 e. The maximum Gasteiger partial charge on any atom is -0.0152 e. The van der Waals surface area contributed by atoms with Crippen molar-refractivity contribution in [2.75, 3.05) is 0 Å². The predicted octanol–water partition coefficient (Wildman–Crippen LogP) is 5.90. The van der Waals surface area contributed by atoms with Crippen LogP contribution in [0.5, 0.6) is 0 Å². The van der Waals surface area contributed by atoms with E-state index in [0.29, 0.717) is 0 Å². The van der Waals surface area contributed by atoms with Gasteiger partial charge < -0.3 is 0 Å². The van der Waals surface area contributed by atoms with Crippen molar-refractivity contribution < 1.29 is 0 Å². The maximum absolute atomic E-state index is 2.18. The first kappa shape index (κ1) is 15.7. The van der Waals surface area contributed by atoms with Crippen molar-refractivity contribution in [2.24, 2.45) is 0 Å². The fourth-order valence-corrected chi connectivity index (χ4v) is 1.54. The van der Waals surface area contributed by atoms with E-state index in [-0.39, 0.29) is 0 Å². The summed E-state index contributed by atoms with van der Waals surface area (Å²) in [6.45, 7) is 12.6. The Bertz CT molecular complexity index is 427. The van der Waals surface area contributed by atoms with Gasteiger partial charge >= 0.3 is 0 Å². The highest BCUT2D eigenvalue weighted by Gasteiger charge is 1.97. The molecule has 0 saturated carbocycles. The Balaban J connectivity index is 0.000000450. The van der Waals surface area contributed by atoms with Gasteiger partial charge in [0.1, 0.15) is 0 Å². The molecule has 0 saturated heterocycles. The molecular formula is C17H26. The molecule has 2 rings (SSSR count). The summed E-state index contributed by atoms with van der Waals surface area (Å²) in [5.41, 5.74) is 2.77. The highest BCUT2D eigenvalue weighted by molar-refractivity contribution is 5.86. The number of hydrogen-bond acceptors (Lipinski definition) is 0. The van der Waals surface area contributed by atoms with Gasteiger partial charge in [-0.05, 0) is 35.7 Å². The monoisotopic (exact) mass is 230 g/mol. The van der Waals surface area contributed by atoms with E-state index >= 15 is 0 Å². The first-order valence-electron chi connectivity index (χ1n) is 6.65. The second-order valence-electron chi connectivity index (χ2n) is 3.94. The summed E-state index contributed by atoms with van der Waals surface area (Å²) in [7, 11) is 0. The molecule has 0 unspecified atom stereocenters. The van der Waals surface area contributed by atoms with Crippen molar-refractivity contribution in [3.63, 3.8) is 0 Å². The van der Waals surface area contributed by atoms with Gasteiger partial charge in [-0.2, -0.15) is 0 Å². The molecule has 0 atom stereocenters. The minimum atomic E-state index is 1.25. The molecule has 2 aromatic rings. The summed E-state index contributed by atoms with van der Waals surface area (Å²) < 4.78 is 0. The van der Waals surface area contributed by atoms with E-state index in [4.69, 9.17) is 0 Å². The Morgan fingerprint density at radius 3 is 1.94 bits per heavy atom. The lowest BCUT2D eigenvalue weighted by Crippen LogP contribution is -1.82. The minimum Gasteiger partial charge on any atom is -0.0683 e. The highest BCUT2D eigenvalue weighted by Crippen LogP contribution is 2.20. The molecule has 0 fully saturated rings. The lowest BCUT2D eigenvalue weighted by atomic mass is 10.0. The van der Waals surface area contributed by atoms with Crippen molar-refractivity contribution in [1.82, 2.24) is 0 Å². The average molecular weight is 230 g/mol. The summed E-state index contributed by atoms with van der Waals surface area (Å²) in [5, 5.41) is 2.71. The van der Waals surface area contributed by atoms with Crippen molar-refractivity contribution in [2.45, 2.75) is 48.0 Å². The number of aryl methyl sites for hydroxylation is 2. The lowest BCUT2D eigenvalue weighted by Gasteiger charge is -2.04. The Hall–Kier alpha value is -1.30. The SMILES string of the molecule is CC.CCC.Cc1ccc2ccccc2c1C. The van der Waals surface area contributed by atoms with Crippen LogP contribution in [0.15, 0.2) is 36.4 Å². The van der Waals surface area contributed by atoms with Gasteiger partial charge in [-0.15, -0.1) is 0 Å². The quantitative estimate of drug-likeness (QED) is 0.528. The summed E-state index contributed by atoms with van der Waals surface area (Å²) in [4.78, 5) is 0. The zero-order valence-electron chi connectivity index (χ0n) is 12.2. The standard InChI is InChI=1S/C12H12.C3H8.C2H6/c1-9-7-8-11-5-3-4-6-12(11)10(9)2;1-3-2;1-2/h3-8H,1-2H3;3H2,1-2H3;1-2H3. The molecule has 0 nitrogen and oxygen atoms in total. The molecule has 0 aliphatic rings. The Labute approximate surface area is 107 Å². The molecule has 0 heterocycles. The molecule has 0 aliphatic heterocycles. The summed E-state index contributed by atoms with van der Waals surface area (Å²) in [6.07, 6.45) is 1.25. The topological polar surface area (TPSA) is 0 Å². The van der Waals surface area contributed by atoms with E-state index in [2.05, 4.69) is 64.1 Å². The molecule has 2 aromatic carbocycles. The number of rotatable bonds is 0. The fraction of sp³-hybridized carbons (Fsp3) is 0.412. The van der Waals surface area contributed by atoms with Crippen molar-refractivity contribution >= 4 is 10.8 Å². The zero-order valence-corrected chi connectivity index (χ0v) is 12.2. The molecule has 0 aromatic heterocycles. The van der Waals surface area contributed by atoms with E-state index in [1.165, 1.54) is 28.3 Å². The van der Waals surface area contributed by atoms with Gasteiger partial charge in [0.2, 0.25) is 0 Å².